The normalized spacial score (nSPS) is 11.7. The van der Waals surface area contributed by atoms with Crippen LogP contribution in [-0.4, -0.2) is 36.7 Å². The summed E-state index contributed by atoms with van der Waals surface area (Å²) < 4.78 is 27.1. The van der Waals surface area contributed by atoms with E-state index in [0.29, 0.717) is 45.1 Å². The highest BCUT2D eigenvalue weighted by molar-refractivity contribution is 7.89. The number of benzene rings is 2. The molecule has 0 aliphatic carbocycles. The van der Waals surface area contributed by atoms with Crippen molar-refractivity contribution in [3.63, 3.8) is 0 Å². The molecule has 32 heavy (non-hydrogen) atoms. The Morgan fingerprint density at radius 3 is 2.50 bits per heavy atom. The van der Waals surface area contributed by atoms with Gasteiger partial charge in [-0.3, -0.25) is 10.1 Å². The van der Waals surface area contributed by atoms with Crippen LogP contribution in [0.25, 0.3) is 11.3 Å². The number of nitrogens with zero attached hydrogens (tertiary/aromatic N) is 2. The molecule has 1 N–H and O–H groups in total. The Hall–Kier alpha value is -1.97. The molecule has 170 valence electrons. The zero-order chi connectivity index (χ0) is 23.3. The van der Waals surface area contributed by atoms with Crippen LogP contribution in [-0.2, 0) is 10.0 Å². The van der Waals surface area contributed by atoms with Crippen LogP contribution in [0, 0.1) is 0 Å². The number of hydrogen-bond acceptors (Lipinski definition) is 5. The lowest BCUT2D eigenvalue weighted by molar-refractivity contribution is 0.102. The van der Waals surface area contributed by atoms with Gasteiger partial charge >= 0.3 is 0 Å². The molecule has 0 atom stereocenters. The number of hydrogen-bond donors (Lipinski definition) is 1. The van der Waals surface area contributed by atoms with Crippen molar-refractivity contribution in [1.82, 2.24) is 9.29 Å². The van der Waals surface area contributed by atoms with Gasteiger partial charge in [0.25, 0.3) is 5.91 Å². The number of carbonyl (C=O) groups is 1. The fraction of sp³-hybridized carbons (Fsp3) is 0.273. The van der Waals surface area contributed by atoms with Crippen LogP contribution in [0.1, 0.15) is 37.0 Å². The van der Waals surface area contributed by atoms with E-state index in [1.165, 1.54) is 39.9 Å². The molecule has 3 rings (SSSR count). The Morgan fingerprint density at radius 2 is 1.84 bits per heavy atom. The minimum Gasteiger partial charge on any atom is -0.298 e. The van der Waals surface area contributed by atoms with Crippen molar-refractivity contribution < 1.29 is 13.2 Å². The monoisotopic (exact) mass is 511 g/mol. The Morgan fingerprint density at radius 1 is 1.12 bits per heavy atom. The SMILES string of the molecule is CCCCN(CC)S(=O)(=O)c1ccc(C(=O)Nc2nc(-c3cc(Cl)ccc3Cl)cs2)cc1. The lowest BCUT2D eigenvalue weighted by atomic mass is 10.2. The first-order valence-corrected chi connectivity index (χ1v) is 13.2. The summed E-state index contributed by atoms with van der Waals surface area (Å²) in [6, 6.07) is 11.0. The number of thiazole rings is 1. The van der Waals surface area contributed by atoms with Crippen LogP contribution < -0.4 is 5.32 Å². The fourth-order valence-electron chi connectivity index (χ4n) is 3.03. The van der Waals surface area contributed by atoms with Crippen LogP contribution in [0.5, 0.6) is 0 Å². The molecular weight excluding hydrogens is 489 g/mol. The van der Waals surface area contributed by atoms with E-state index in [-0.39, 0.29) is 10.8 Å². The molecule has 0 spiro atoms. The Labute approximate surface area is 202 Å². The second kappa shape index (κ2) is 10.8. The molecule has 0 radical (unpaired) electrons. The maximum atomic E-state index is 12.8. The molecule has 1 aromatic heterocycles. The molecule has 1 heterocycles. The van der Waals surface area contributed by atoms with Gasteiger partial charge in [-0.1, -0.05) is 43.5 Å². The molecule has 0 fully saturated rings. The number of aromatic nitrogens is 1. The smallest absolute Gasteiger partial charge is 0.257 e. The molecule has 0 aliphatic heterocycles. The first kappa shape index (κ1) is 24.7. The van der Waals surface area contributed by atoms with Crippen LogP contribution >= 0.6 is 34.5 Å². The van der Waals surface area contributed by atoms with Gasteiger partial charge in [-0.25, -0.2) is 13.4 Å². The first-order chi connectivity index (χ1) is 15.3. The van der Waals surface area contributed by atoms with E-state index in [9.17, 15) is 13.2 Å². The summed E-state index contributed by atoms with van der Waals surface area (Å²) in [6.07, 6.45) is 1.71. The van der Waals surface area contributed by atoms with Gasteiger partial charge in [-0.05, 0) is 48.9 Å². The van der Waals surface area contributed by atoms with Crippen LogP contribution in [0.3, 0.4) is 0 Å². The lowest BCUT2D eigenvalue weighted by Crippen LogP contribution is -2.31. The molecule has 6 nitrogen and oxygen atoms in total. The first-order valence-electron chi connectivity index (χ1n) is 10.1. The van der Waals surface area contributed by atoms with Crippen LogP contribution in [0.15, 0.2) is 52.7 Å². The molecule has 2 aromatic carbocycles. The predicted octanol–water partition coefficient (Wildman–Crippen LogP) is 6.18. The summed E-state index contributed by atoms with van der Waals surface area (Å²) in [4.78, 5) is 17.2. The number of unbranched alkanes of at least 4 members (excludes halogenated alkanes) is 1. The third-order valence-electron chi connectivity index (χ3n) is 4.80. The third kappa shape index (κ3) is 5.68. The second-order valence-electron chi connectivity index (χ2n) is 6.99. The Balaban J connectivity index is 1.73. The van der Waals surface area contributed by atoms with Gasteiger partial charge < -0.3 is 0 Å². The third-order valence-corrected chi connectivity index (χ3v) is 8.11. The van der Waals surface area contributed by atoms with Crippen LogP contribution in [0.2, 0.25) is 10.0 Å². The predicted molar refractivity (Wildman–Crippen MR) is 131 cm³/mol. The van der Waals surface area contributed by atoms with Gasteiger partial charge in [0.15, 0.2) is 5.13 Å². The molecular formula is C22H23Cl2N3O3S2. The van der Waals surface area contributed by atoms with Gasteiger partial charge in [0.2, 0.25) is 10.0 Å². The van der Waals surface area contributed by atoms with Crippen molar-refractivity contribution in [2.45, 2.75) is 31.6 Å². The Kier molecular flexibility index (Phi) is 8.30. The molecule has 0 saturated heterocycles. The number of anilines is 1. The van der Waals surface area contributed by atoms with Crippen molar-refractivity contribution in [3.8, 4) is 11.3 Å². The van der Waals surface area contributed by atoms with E-state index >= 15 is 0 Å². The number of sulfonamides is 1. The zero-order valence-corrected chi connectivity index (χ0v) is 20.8. The van der Waals surface area contributed by atoms with E-state index in [1.54, 1.807) is 23.6 Å². The van der Waals surface area contributed by atoms with E-state index < -0.39 is 10.0 Å². The molecule has 1 amide bonds. The summed E-state index contributed by atoms with van der Waals surface area (Å²) in [7, 11) is -3.59. The average Bonchev–Trinajstić information content (AvgIpc) is 3.24. The van der Waals surface area contributed by atoms with E-state index in [4.69, 9.17) is 23.2 Å². The standard InChI is InChI=1S/C22H23Cl2N3O3S2/c1-3-5-12-27(4-2)32(29,30)17-9-6-15(7-10-17)21(28)26-22-25-20(14-31-22)18-13-16(23)8-11-19(18)24/h6-11,13-14H,3-5,12H2,1-2H3,(H,25,26,28). The summed E-state index contributed by atoms with van der Waals surface area (Å²) in [5.41, 5.74) is 1.61. The highest BCUT2D eigenvalue weighted by Gasteiger charge is 2.23. The van der Waals surface area contributed by atoms with Gasteiger partial charge in [0, 0.05) is 34.6 Å². The van der Waals surface area contributed by atoms with Crippen LogP contribution in [0.4, 0.5) is 5.13 Å². The molecule has 0 saturated carbocycles. The maximum Gasteiger partial charge on any atom is 0.257 e. The summed E-state index contributed by atoms with van der Waals surface area (Å²) >= 11 is 13.5. The molecule has 0 bridgehead atoms. The van der Waals surface area contributed by atoms with Crippen molar-refractivity contribution in [2.75, 3.05) is 18.4 Å². The van der Waals surface area contributed by atoms with Gasteiger partial charge in [0.05, 0.1) is 15.6 Å². The fourth-order valence-corrected chi connectivity index (χ4v) is 5.61. The van der Waals surface area contributed by atoms with E-state index in [1.807, 2.05) is 13.8 Å². The summed E-state index contributed by atoms with van der Waals surface area (Å²) in [5, 5.41) is 5.95. The van der Waals surface area contributed by atoms with Crippen molar-refractivity contribution in [1.29, 1.82) is 0 Å². The lowest BCUT2D eigenvalue weighted by Gasteiger charge is -2.20. The van der Waals surface area contributed by atoms with Gasteiger partial charge in [0.1, 0.15) is 0 Å². The van der Waals surface area contributed by atoms with Crippen molar-refractivity contribution >= 4 is 55.6 Å². The zero-order valence-electron chi connectivity index (χ0n) is 17.6. The number of carbonyl (C=O) groups excluding carboxylic acids is 1. The number of halogens is 2. The molecule has 0 unspecified atom stereocenters. The van der Waals surface area contributed by atoms with E-state index in [0.717, 1.165) is 12.8 Å². The van der Waals surface area contributed by atoms with Crippen molar-refractivity contribution in [2.24, 2.45) is 0 Å². The minimum absolute atomic E-state index is 0.166. The average molecular weight is 512 g/mol. The molecule has 0 aliphatic rings. The number of rotatable bonds is 9. The minimum atomic E-state index is -3.59. The highest BCUT2D eigenvalue weighted by atomic mass is 35.5. The van der Waals surface area contributed by atoms with E-state index in [2.05, 4.69) is 10.3 Å². The maximum absolute atomic E-state index is 12.8. The molecule has 10 heteroatoms. The number of nitrogens with one attached hydrogen (secondary N) is 1. The summed E-state index contributed by atoms with van der Waals surface area (Å²) in [5.74, 6) is -0.384. The summed E-state index contributed by atoms with van der Waals surface area (Å²) in [6.45, 7) is 4.70. The highest BCUT2D eigenvalue weighted by Crippen LogP contribution is 2.32. The molecule has 3 aromatic rings. The Bertz CT molecular complexity index is 1200. The van der Waals surface area contributed by atoms with Gasteiger partial charge in [-0.2, -0.15) is 4.31 Å². The topological polar surface area (TPSA) is 79.4 Å². The second-order valence-corrected chi connectivity index (χ2v) is 10.6. The quantitative estimate of drug-likeness (QED) is 0.371. The van der Waals surface area contributed by atoms with Crippen molar-refractivity contribution in [3.05, 3.63) is 63.5 Å². The largest absolute Gasteiger partial charge is 0.298 e. The number of amides is 1. The van der Waals surface area contributed by atoms with Gasteiger partial charge in [-0.15, -0.1) is 11.3 Å².